The second-order valence-corrected chi connectivity index (χ2v) is 6.75. The van der Waals surface area contributed by atoms with E-state index < -0.39 is 18.0 Å². The van der Waals surface area contributed by atoms with Gasteiger partial charge in [0, 0.05) is 12.6 Å². The molecule has 0 heterocycles. The summed E-state index contributed by atoms with van der Waals surface area (Å²) >= 11 is 0. The highest BCUT2D eigenvalue weighted by Crippen LogP contribution is 2.24. The minimum Gasteiger partial charge on any atom is -0.481 e. The summed E-state index contributed by atoms with van der Waals surface area (Å²) in [6.07, 6.45) is 3.15. The van der Waals surface area contributed by atoms with E-state index in [-0.39, 0.29) is 17.9 Å². The largest absolute Gasteiger partial charge is 0.481 e. The van der Waals surface area contributed by atoms with Crippen LogP contribution in [-0.2, 0) is 16.0 Å². The normalized spacial score (nSPS) is 20.7. The van der Waals surface area contributed by atoms with Crippen LogP contribution < -0.4 is 16.0 Å². The smallest absolute Gasteiger partial charge is 0.315 e. The molecule has 1 aromatic carbocycles. The summed E-state index contributed by atoms with van der Waals surface area (Å²) in [5.41, 5.74) is 1.14. The molecule has 0 aliphatic heterocycles. The van der Waals surface area contributed by atoms with Gasteiger partial charge < -0.3 is 21.1 Å². The lowest BCUT2D eigenvalue weighted by Crippen LogP contribution is -2.51. The molecule has 1 fully saturated rings. The summed E-state index contributed by atoms with van der Waals surface area (Å²) < 4.78 is 0. The van der Waals surface area contributed by atoms with Crippen molar-refractivity contribution in [3.05, 3.63) is 35.9 Å². The van der Waals surface area contributed by atoms with E-state index in [9.17, 15) is 14.4 Å². The number of hydrogen-bond donors (Lipinski definition) is 4. The molecule has 4 N–H and O–H groups in total. The lowest BCUT2D eigenvalue weighted by Gasteiger charge is -2.27. The maximum absolute atomic E-state index is 12.1. The zero-order valence-corrected chi connectivity index (χ0v) is 15.0. The molecule has 142 valence electrons. The quantitative estimate of drug-likeness (QED) is 0.592. The van der Waals surface area contributed by atoms with Gasteiger partial charge in [-0.15, -0.1) is 0 Å². The van der Waals surface area contributed by atoms with E-state index in [1.165, 1.54) is 0 Å². The fourth-order valence-corrected chi connectivity index (χ4v) is 3.10. The predicted octanol–water partition coefficient (Wildman–Crippen LogP) is 1.68. The predicted molar refractivity (Wildman–Crippen MR) is 97.7 cm³/mol. The molecular formula is C19H27N3O4. The third kappa shape index (κ3) is 6.38. The van der Waals surface area contributed by atoms with Crippen LogP contribution in [0.3, 0.4) is 0 Å². The van der Waals surface area contributed by atoms with Gasteiger partial charge in [0.2, 0.25) is 5.91 Å². The second-order valence-electron chi connectivity index (χ2n) is 6.75. The fourth-order valence-electron chi connectivity index (χ4n) is 3.10. The number of amides is 3. The Morgan fingerprint density at radius 1 is 1.12 bits per heavy atom. The molecule has 7 nitrogen and oxygen atoms in total. The SMILES string of the molecule is C[C@H](NC(=O)NC1CCC(C(=O)O)CC1)C(=O)NCCc1ccccc1. The number of carboxylic acid groups (broad SMARTS) is 1. The van der Waals surface area contributed by atoms with Gasteiger partial charge in [0.15, 0.2) is 0 Å². The Hall–Kier alpha value is -2.57. The standard InChI is InChI=1S/C19H27N3O4/c1-13(17(23)20-12-11-14-5-3-2-4-6-14)21-19(26)22-16-9-7-15(8-10-16)18(24)25/h2-6,13,15-16H,7-12H2,1H3,(H,20,23)(H,24,25)(H2,21,22,26)/t13-,15?,16?/m0/s1. The number of carboxylic acids is 1. The van der Waals surface area contributed by atoms with Crippen molar-refractivity contribution < 1.29 is 19.5 Å². The molecule has 1 aliphatic carbocycles. The molecule has 0 unspecified atom stereocenters. The van der Waals surface area contributed by atoms with Gasteiger partial charge in [-0.25, -0.2) is 4.79 Å². The van der Waals surface area contributed by atoms with Gasteiger partial charge in [-0.2, -0.15) is 0 Å². The van der Waals surface area contributed by atoms with Gasteiger partial charge >= 0.3 is 12.0 Å². The maximum atomic E-state index is 12.1. The number of rotatable bonds is 7. The molecule has 3 amide bonds. The van der Waals surface area contributed by atoms with Gasteiger partial charge in [-0.3, -0.25) is 9.59 Å². The van der Waals surface area contributed by atoms with Crippen LogP contribution in [0.25, 0.3) is 0 Å². The molecule has 26 heavy (non-hydrogen) atoms. The van der Waals surface area contributed by atoms with E-state index in [2.05, 4.69) is 16.0 Å². The average Bonchev–Trinajstić information content (AvgIpc) is 2.62. The fraction of sp³-hybridized carbons (Fsp3) is 0.526. The highest BCUT2D eigenvalue weighted by Gasteiger charge is 2.27. The molecule has 0 aromatic heterocycles. The minimum atomic E-state index is -0.770. The van der Waals surface area contributed by atoms with Crippen LogP contribution in [0, 0.1) is 5.92 Å². The third-order valence-corrected chi connectivity index (χ3v) is 4.71. The molecule has 1 aliphatic rings. The molecule has 1 atom stereocenters. The van der Waals surface area contributed by atoms with Crippen molar-refractivity contribution in [1.29, 1.82) is 0 Å². The van der Waals surface area contributed by atoms with Crippen LogP contribution in [0.1, 0.15) is 38.2 Å². The van der Waals surface area contributed by atoms with Crippen molar-refractivity contribution in [2.45, 2.75) is 51.1 Å². The molecule has 7 heteroatoms. The van der Waals surface area contributed by atoms with Crippen molar-refractivity contribution in [2.24, 2.45) is 5.92 Å². The van der Waals surface area contributed by atoms with Crippen LogP contribution in [0.4, 0.5) is 4.79 Å². The van der Waals surface area contributed by atoms with Crippen molar-refractivity contribution in [3.8, 4) is 0 Å². The molecule has 0 radical (unpaired) electrons. The summed E-state index contributed by atoms with van der Waals surface area (Å²) in [5, 5.41) is 17.3. The topological polar surface area (TPSA) is 108 Å². The molecule has 2 rings (SSSR count). The van der Waals surface area contributed by atoms with Gasteiger partial charge in [0.05, 0.1) is 5.92 Å². The monoisotopic (exact) mass is 361 g/mol. The third-order valence-electron chi connectivity index (χ3n) is 4.71. The number of benzene rings is 1. The van der Waals surface area contributed by atoms with E-state index in [0.717, 1.165) is 12.0 Å². The first-order valence-corrected chi connectivity index (χ1v) is 9.07. The minimum absolute atomic E-state index is 0.0426. The lowest BCUT2D eigenvalue weighted by atomic mass is 9.86. The van der Waals surface area contributed by atoms with Crippen LogP contribution in [0.2, 0.25) is 0 Å². The van der Waals surface area contributed by atoms with E-state index in [0.29, 0.717) is 32.2 Å². The number of carbonyl (C=O) groups excluding carboxylic acids is 2. The van der Waals surface area contributed by atoms with Gasteiger partial charge in [-0.1, -0.05) is 30.3 Å². The molecule has 0 spiro atoms. The zero-order valence-electron chi connectivity index (χ0n) is 15.0. The maximum Gasteiger partial charge on any atom is 0.315 e. The summed E-state index contributed by atoms with van der Waals surface area (Å²) in [6, 6.07) is 8.78. The van der Waals surface area contributed by atoms with E-state index in [1.807, 2.05) is 30.3 Å². The number of urea groups is 1. The lowest BCUT2D eigenvalue weighted by molar-refractivity contribution is -0.142. The number of hydrogen-bond acceptors (Lipinski definition) is 3. The first-order chi connectivity index (χ1) is 12.5. The number of carbonyl (C=O) groups is 3. The molecule has 0 bridgehead atoms. The first kappa shape index (κ1) is 19.8. The Kier molecular flexibility index (Phi) is 7.44. The zero-order chi connectivity index (χ0) is 18.9. The Bertz CT molecular complexity index is 612. The Balaban J connectivity index is 1.64. The molecule has 1 saturated carbocycles. The van der Waals surface area contributed by atoms with E-state index in [1.54, 1.807) is 6.92 Å². The van der Waals surface area contributed by atoms with Crippen molar-refractivity contribution >= 4 is 17.9 Å². The van der Waals surface area contributed by atoms with E-state index >= 15 is 0 Å². The highest BCUT2D eigenvalue weighted by atomic mass is 16.4. The van der Waals surface area contributed by atoms with Crippen molar-refractivity contribution in [3.63, 3.8) is 0 Å². The van der Waals surface area contributed by atoms with Gasteiger partial charge in [0.1, 0.15) is 6.04 Å². The highest BCUT2D eigenvalue weighted by molar-refractivity contribution is 5.86. The molecule has 0 saturated heterocycles. The van der Waals surface area contributed by atoms with Crippen LogP contribution >= 0.6 is 0 Å². The molecule has 1 aromatic rings. The number of nitrogens with one attached hydrogen (secondary N) is 3. The van der Waals surface area contributed by atoms with Crippen LogP contribution in [0.15, 0.2) is 30.3 Å². The Labute approximate surface area is 153 Å². The van der Waals surface area contributed by atoms with Crippen molar-refractivity contribution in [2.75, 3.05) is 6.54 Å². The van der Waals surface area contributed by atoms with Crippen molar-refractivity contribution in [1.82, 2.24) is 16.0 Å². The average molecular weight is 361 g/mol. The Morgan fingerprint density at radius 3 is 2.38 bits per heavy atom. The summed E-state index contributed by atoms with van der Waals surface area (Å²) in [5.74, 6) is -1.32. The van der Waals surface area contributed by atoms with Crippen LogP contribution in [-0.4, -0.2) is 41.6 Å². The Morgan fingerprint density at radius 2 is 1.77 bits per heavy atom. The van der Waals surface area contributed by atoms with Gasteiger partial charge in [0.25, 0.3) is 0 Å². The number of aliphatic carboxylic acids is 1. The van der Waals surface area contributed by atoms with E-state index in [4.69, 9.17) is 5.11 Å². The van der Waals surface area contributed by atoms with Crippen LogP contribution in [0.5, 0.6) is 0 Å². The summed E-state index contributed by atoms with van der Waals surface area (Å²) in [6.45, 7) is 2.15. The summed E-state index contributed by atoms with van der Waals surface area (Å²) in [7, 11) is 0. The first-order valence-electron chi connectivity index (χ1n) is 9.07. The summed E-state index contributed by atoms with van der Waals surface area (Å²) in [4.78, 5) is 35.0. The molecular weight excluding hydrogens is 334 g/mol. The second kappa shape index (κ2) is 9.79. The van der Waals surface area contributed by atoms with Gasteiger partial charge in [-0.05, 0) is 44.6 Å².